The molecule has 6 heteroatoms. The second kappa shape index (κ2) is 5.18. The quantitative estimate of drug-likeness (QED) is 0.642. The van der Waals surface area contributed by atoms with Crippen molar-refractivity contribution < 1.29 is 0 Å². The molecule has 0 N–H and O–H groups in total. The van der Waals surface area contributed by atoms with Crippen molar-refractivity contribution in [3.63, 3.8) is 0 Å². The van der Waals surface area contributed by atoms with Gasteiger partial charge in [0.15, 0.2) is 11.3 Å². The molecule has 0 saturated carbocycles. The van der Waals surface area contributed by atoms with Crippen molar-refractivity contribution in [2.75, 3.05) is 0 Å². The van der Waals surface area contributed by atoms with Gasteiger partial charge in [-0.3, -0.25) is 0 Å². The Hall–Kier alpha value is -2.71. The highest BCUT2D eigenvalue weighted by atomic mass is 35.5. The molecule has 1 aliphatic carbocycles. The highest BCUT2D eigenvalue weighted by Crippen LogP contribution is 2.35. The maximum absolute atomic E-state index is 9.35. The number of hydrogen-bond acceptors (Lipinski definition) is 4. The lowest BCUT2D eigenvalue weighted by molar-refractivity contribution is 0.710. The number of aryl methyl sites for hydroxylation is 1. The van der Waals surface area contributed by atoms with Crippen LogP contribution < -0.4 is 0 Å². The molecule has 0 spiro atoms. The van der Waals surface area contributed by atoms with Gasteiger partial charge in [-0.05, 0) is 18.6 Å². The molecule has 0 saturated heterocycles. The molecule has 4 rings (SSSR count). The zero-order chi connectivity index (χ0) is 16.0. The van der Waals surface area contributed by atoms with Gasteiger partial charge >= 0.3 is 0 Å². The van der Waals surface area contributed by atoms with Crippen LogP contribution in [0.2, 0.25) is 5.15 Å². The number of nitrogens with zero attached hydrogens (tertiary/aromatic N) is 5. The zero-order valence-corrected chi connectivity index (χ0v) is 13.1. The fraction of sp³-hybridized carbons (Fsp3) is 0.176. The monoisotopic (exact) mass is 321 g/mol. The number of aromatic nitrogens is 4. The fourth-order valence-electron chi connectivity index (χ4n) is 2.91. The summed E-state index contributed by atoms with van der Waals surface area (Å²) >= 11 is 6.43. The molecule has 2 atom stereocenters. The van der Waals surface area contributed by atoms with Gasteiger partial charge in [0.25, 0.3) is 0 Å². The van der Waals surface area contributed by atoms with Crippen LogP contribution >= 0.6 is 11.6 Å². The van der Waals surface area contributed by atoms with Crippen LogP contribution in [0.3, 0.4) is 0 Å². The minimum atomic E-state index is -0.250. The van der Waals surface area contributed by atoms with Crippen molar-refractivity contribution in [3.05, 3.63) is 59.0 Å². The minimum absolute atomic E-state index is 0.107. The van der Waals surface area contributed by atoms with Crippen molar-refractivity contribution in [1.29, 1.82) is 5.26 Å². The van der Waals surface area contributed by atoms with Crippen LogP contribution in [0.15, 0.2) is 42.6 Å². The lowest BCUT2D eigenvalue weighted by Gasteiger charge is -2.20. The highest BCUT2D eigenvalue weighted by molar-refractivity contribution is 6.30. The van der Waals surface area contributed by atoms with E-state index in [-0.39, 0.29) is 11.8 Å². The Labute approximate surface area is 137 Å². The predicted octanol–water partition coefficient (Wildman–Crippen LogP) is 3.59. The Kier molecular flexibility index (Phi) is 3.14. The summed E-state index contributed by atoms with van der Waals surface area (Å²) in [7, 11) is 0. The molecule has 2 unspecified atom stereocenters. The Morgan fingerprint density at radius 2 is 2.09 bits per heavy atom. The van der Waals surface area contributed by atoms with E-state index in [9.17, 15) is 5.26 Å². The van der Waals surface area contributed by atoms with Crippen LogP contribution in [-0.2, 0) is 0 Å². The van der Waals surface area contributed by atoms with Crippen LogP contribution in [0.5, 0.6) is 0 Å². The van der Waals surface area contributed by atoms with E-state index in [1.807, 2.05) is 43.4 Å². The van der Waals surface area contributed by atoms with Gasteiger partial charge in [-0.25, -0.2) is 9.97 Å². The third-order valence-corrected chi connectivity index (χ3v) is 4.31. The Morgan fingerprint density at radius 3 is 2.91 bits per heavy atom. The van der Waals surface area contributed by atoms with Crippen LogP contribution in [-0.4, -0.2) is 19.6 Å². The van der Waals surface area contributed by atoms with E-state index in [0.717, 1.165) is 22.3 Å². The molecule has 3 heterocycles. The third-order valence-electron chi connectivity index (χ3n) is 4.00. The molecule has 3 aromatic heterocycles. The molecule has 0 aliphatic heterocycles. The average Bonchev–Trinajstić information content (AvgIpc) is 2.95. The predicted molar refractivity (Wildman–Crippen MR) is 88.2 cm³/mol. The summed E-state index contributed by atoms with van der Waals surface area (Å²) in [5.41, 5.74) is 3.11. The standard InChI is InChI=1S/C17H12ClN5/c1-10-6-15-20-9-12-7-14(13-5-3-2-4-11(13)8-19)16(18)21-17(12)23(15)22-10/h2-7,9,11,13H,1H3. The first-order valence-corrected chi connectivity index (χ1v) is 7.61. The van der Waals surface area contributed by atoms with Crippen molar-refractivity contribution in [2.24, 2.45) is 5.92 Å². The van der Waals surface area contributed by atoms with Crippen LogP contribution in [0.25, 0.3) is 16.7 Å². The molecule has 0 bridgehead atoms. The number of rotatable bonds is 1. The van der Waals surface area contributed by atoms with Gasteiger partial charge in [0.05, 0.1) is 17.7 Å². The van der Waals surface area contributed by atoms with Gasteiger partial charge in [0, 0.05) is 23.6 Å². The molecule has 3 aromatic rings. The third kappa shape index (κ3) is 2.19. The number of fused-ring (bicyclic) bond motifs is 3. The summed E-state index contributed by atoms with van der Waals surface area (Å²) in [6.07, 6.45) is 9.43. The minimum Gasteiger partial charge on any atom is -0.236 e. The van der Waals surface area contributed by atoms with Crippen LogP contribution in [0, 0.1) is 24.2 Å². The maximum Gasteiger partial charge on any atom is 0.166 e. The van der Waals surface area contributed by atoms with E-state index in [2.05, 4.69) is 21.1 Å². The van der Waals surface area contributed by atoms with E-state index >= 15 is 0 Å². The molecule has 0 fully saturated rings. The van der Waals surface area contributed by atoms with Crippen molar-refractivity contribution in [1.82, 2.24) is 19.6 Å². The Bertz CT molecular complexity index is 1020. The highest BCUT2D eigenvalue weighted by Gasteiger charge is 2.24. The molecule has 112 valence electrons. The van der Waals surface area contributed by atoms with Gasteiger partial charge in [0.2, 0.25) is 0 Å². The van der Waals surface area contributed by atoms with Gasteiger partial charge in [0.1, 0.15) is 5.15 Å². The summed E-state index contributed by atoms with van der Waals surface area (Å²) in [5.74, 6) is -0.357. The van der Waals surface area contributed by atoms with Crippen molar-refractivity contribution in [2.45, 2.75) is 12.8 Å². The number of pyridine rings is 1. The molecule has 0 amide bonds. The Morgan fingerprint density at radius 1 is 1.26 bits per heavy atom. The van der Waals surface area contributed by atoms with Crippen LogP contribution in [0.4, 0.5) is 0 Å². The summed E-state index contributed by atoms with van der Waals surface area (Å²) in [6.45, 7) is 1.91. The molecule has 5 nitrogen and oxygen atoms in total. The maximum atomic E-state index is 9.35. The molecular weight excluding hydrogens is 310 g/mol. The second-order valence-corrected chi connectivity index (χ2v) is 5.90. The summed E-state index contributed by atoms with van der Waals surface area (Å²) < 4.78 is 1.69. The largest absolute Gasteiger partial charge is 0.236 e. The second-order valence-electron chi connectivity index (χ2n) is 5.55. The summed E-state index contributed by atoms with van der Waals surface area (Å²) in [6, 6.07) is 6.15. The Balaban J connectivity index is 1.94. The van der Waals surface area contributed by atoms with Crippen molar-refractivity contribution >= 4 is 28.3 Å². The number of hydrogen-bond donors (Lipinski definition) is 0. The topological polar surface area (TPSA) is 66.9 Å². The van der Waals surface area contributed by atoms with E-state index in [4.69, 9.17) is 11.6 Å². The summed E-state index contributed by atoms with van der Waals surface area (Å²) in [4.78, 5) is 8.93. The van der Waals surface area contributed by atoms with Gasteiger partial charge in [-0.2, -0.15) is 14.9 Å². The molecule has 23 heavy (non-hydrogen) atoms. The first kappa shape index (κ1) is 13.9. The molecule has 1 aliphatic rings. The van der Waals surface area contributed by atoms with E-state index in [1.54, 1.807) is 10.7 Å². The number of nitriles is 1. The summed E-state index contributed by atoms with van der Waals surface area (Å²) in [5, 5.41) is 15.0. The first-order valence-electron chi connectivity index (χ1n) is 7.23. The van der Waals surface area contributed by atoms with Crippen molar-refractivity contribution in [3.8, 4) is 6.07 Å². The van der Waals surface area contributed by atoms with Gasteiger partial charge in [-0.1, -0.05) is 35.9 Å². The normalized spacial score (nSPS) is 20.2. The van der Waals surface area contributed by atoms with Gasteiger partial charge in [-0.15, -0.1) is 0 Å². The molecule has 0 aromatic carbocycles. The van der Waals surface area contributed by atoms with E-state index in [0.29, 0.717) is 10.8 Å². The smallest absolute Gasteiger partial charge is 0.166 e. The average molecular weight is 322 g/mol. The number of allylic oxidation sites excluding steroid dienone is 4. The molecule has 0 radical (unpaired) electrons. The SMILES string of the molecule is Cc1cc2ncc3cc(C4C=CC=CC4C#N)c(Cl)nc3n2n1. The molecular formula is C17H12ClN5. The van der Waals surface area contributed by atoms with E-state index < -0.39 is 0 Å². The lowest BCUT2D eigenvalue weighted by Crippen LogP contribution is -2.11. The lowest BCUT2D eigenvalue weighted by atomic mass is 9.84. The fourth-order valence-corrected chi connectivity index (χ4v) is 3.17. The van der Waals surface area contributed by atoms with Gasteiger partial charge < -0.3 is 0 Å². The zero-order valence-electron chi connectivity index (χ0n) is 12.3. The number of halogens is 1. The first-order chi connectivity index (χ1) is 11.2. The van der Waals surface area contributed by atoms with Crippen LogP contribution in [0.1, 0.15) is 17.2 Å². The van der Waals surface area contributed by atoms with E-state index in [1.165, 1.54) is 0 Å².